The third-order valence-corrected chi connectivity index (χ3v) is 2.38. The van der Waals surface area contributed by atoms with Crippen molar-refractivity contribution in [3.05, 3.63) is 23.5 Å². The Labute approximate surface area is 102 Å². The molecule has 0 amide bonds. The number of likely N-dealkylation sites (N-methyl/N-ethyl adjacent to an activating group) is 1. The highest BCUT2D eigenvalue weighted by Crippen LogP contribution is 2.19. The van der Waals surface area contributed by atoms with Crippen LogP contribution in [-0.2, 0) is 4.74 Å². The van der Waals surface area contributed by atoms with Gasteiger partial charge in [-0.3, -0.25) is 10.4 Å². The lowest BCUT2D eigenvalue weighted by Gasteiger charge is -2.31. The van der Waals surface area contributed by atoms with Crippen molar-refractivity contribution >= 4 is 5.84 Å². The van der Waals surface area contributed by atoms with Crippen LogP contribution >= 0.6 is 0 Å². The van der Waals surface area contributed by atoms with E-state index in [1.807, 2.05) is 32.0 Å². The number of amidine groups is 1. The molecule has 0 saturated heterocycles. The van der Waals surface area contributed by atoms with Crippen molar-refractivity contribution in [2.45, 2.75) is 33.5 Å². The lowest BCUT2D eigenvalue weighted by Crippen LogP contribution is -2.48. The Morgan fingerprint density at radius 2 is 2.24 bits per heavy atom. The van der Waals surface area contributed by atoms with Crippen LogP contribution in [0.15, 0.2) is 28.5 Å². The lowest BCUT2D eigenvalue weighted by atomic mass is 10.2. The molecule has 5 heteroatoms. The van der Waals surface area contributed by atoms with Crippen LogP contribution in [0.4, 0.5) is 0 Å². The second kappa shape index (κ2) is 6.42. The zero-order chi connectivity index (χ0) is 12.8. The molecule has 0 spiro atoms. The highest BCUT2D eigenvalue weighted by molar-refractivity contribution is 5.87. The molecule has 0 fully saturated rings. The number of rotatable bonds is 4. The van der Waals surface area contributed by atoms with Crippen molar-refractivity contribution < 1.29 is 9.84 Å². The summed E-state index contributed by atoms with van der Waals surface area (Å²) in [5.41, 5.74) is 4.84. The molecular weight excluding hydrogens is 218 g/mol. The van der Waals surface area contributed by atoms with Gasteiger partial charge in [0.1, 0.15) is 0 Å². The zero-order valence-corrected chi connectivity index (χ0v) is 10.9. The number of ether oxygens (including phenoxy) is 1. The van der Waals surface area contributed by atoms with E-state index in [0.717, 1.165) is 17.8 Å². The van der Waals surface area contributed by atoms with Gasteiger partial charge in [0, 0.05) is 13.7 Å². The summed E-state index contributed by atoms with van der Waals surface area (Å²) < 4.78 is 5.11. The number of nitrogens with zero attached hydrogens (tertiary/aromatic N) is 2. The van der Waals surface area contributed by atoms with Crippen LogP contribution in [0.3, 0.4) is 0 Å². The van der Waals surface area contributed by atoms with Gasteiger partial charge in [0.2, 0.25) is 6.29 Å². The number of hydrogen-bond donors (Lipinski definition) is 2. The molecular formula is C12H21N3O2. The fourth-order valence-corrected chi connectivity index (χ4v) is 1.61. The van der Waals surface area contributed by atoms with Crippen LogP contribution in [0.25, 0.3) is 0 Å². The molecule has 5 nitrogen and oxygen atoms in total. The maximum atomic E-state index is 9.73. The first-order valence-electron chi connectivity index (χ1n) is 5.89. The quantitative estimate of drug-likeness (QED) is 0.728. The molecule has 0 saturated carbocycles. The normalized spacial score (nSPS) is 22.6. The summed E-state index contributed by atoms with van der Waals surface area (Å²) >= 11 is 0. The Morgan fingerprint density at radius 3 is 2.76 bits per heavy atom. The minimum atomic E-state index is -1.01. The summed E-state index contributed by atoms with van der Waals surface area (Å²) in [4.78, 5) is 4.35. The van der Waals surface area contributed by atoms with Gasteiger partial charge in [-0.05, 0) is 20.3 Å². The summed E-state index contributed by atoms with van der Waals surface area (Å²) in [7, 11) is 1.89. The zero-order valence-electron chi connectivity index (χ0n) is 10.9. The number of aliphatic imine (C=N–C) groups is 1. The Kier molecular flexibility index (Phi) is 5.18. The van der Waals surface area contributed by atoms with Gasteiger partial charge in [0.25, 0.3) is 0 Å². The average molecular weight is 239 g/mol. The van der Waals surface area contributed by atoms with E-state index in [1.165, 1.54) is 0 Å². The topological polar surface area (TPSA) is 57.1 Å². The molecule has 0 aromatic rings. The van der Waals surface area contributed by atoms with E-state index >= 15 is 0 Å². The van der Waals surface area contributed by atoms with E-state index in [-0.39, 0.29) is 0 Å². The molecule has 0 radical (unpaired) electrons. The highest BCUT2D eigenvalue weighted by atomic mass is 16.6. The average Bonchev–Trinajstić information content (AvgIpc) is 2.31. The lowest BCUT2D eigenvalue weighted by molar-refractivity contribution is -0.0485. The summed E-state index contributed by atoms with van der Waals surface area (Å²) in [5.74, 6) is 0.413. The van der Waals surface area contributed by atoms with Crippen LogP contribution in [0.2, 0.25) is 0 Å². The molecule has 1 aliphatic heterocycles. The first-order chi connectivity index (χ1) is 8.13. The van der Waals surface area contributed by atoms with Gasteiger partial charge in [0.05, 0.1) is 11.4 Å². The molecule has 1 unspecified atom stereocenters. The molecule has 1 heterocycles. The number of hydrogen-bond acceptors (Lipinski definition) is 5. The Bertz CT molecular complexity index is 348. The number of allylic oxidation sites excluding steroid dienone is 2. The van der Waals surface area contributed by atoms with Gasteiger partial charge in [0.15, 0.2) is 5.84 Å². The van der Waals surface area contributed by atoms with Crippen LogP contribution in [-0.4, -0.2) is 35.9 Å². The Morgan fingerprint density at radius 1 is 1.53 bits per heavy atom. The summed E-state index contributed by atoms with van der Waals surface area (Å²) in [6.07, 6.45) is 3.91. The fraction of sp³-hybridized carbons (Fsp3) is 0.583. The van der Waals surface area contributed by atoms with Crippen molar-refractivity contribution in [2.75, 3.05) is 13.7 Å². The largest absolute Gasteiger partial charge is 0.362 e. The van der Waals surface area contributed by atoms with Gasteiger partial charge < -0.3 is 9.84 Å². The van der Waals surface area contributed by atoms with Gasteiger partial charge >= 0.3 is 0 Å². The van der Waals surface area contributed by atoms with Crippen molar-refractivity contribution in [3.8, 4) is 0 Å². The SMILES string of the molecule is C/C=C1/N=C(C(O)OCC)NN(C)/C1=C/CC. The predicted molar refractivity (Wildman–Crippen MR) is 68.1 cm³/mol. The number of hydrazine groups is 1. The van der Waals surface area contributed by atoms with E-state index in [2.05, 4.69) is 23.4 Å². The van der Waals surface area contributed by atoms with E-state index < -0.39 is 6.29 Å². The molecule has 0 aromatic heterocycles. The Balaban J connectivity index is 2.96. The van der Waals surface area contributed by atoms with Crippen LogP contribution in [0.1, 0.15) is 27.2 Å². The third-order valence-electron chi connectivity index (χ3n) is 2.38. The van der Waals surface area contributed by atoms with Crippen molar-refractivity contribution in [2.24, 2.45) is 4.99 Å². The third kappa shape index (κ3) is 3.31. The Hall–Kier alpha value is -1.33. The first kappa shape index (κ1) is 13.7. The summed E-state index contributed by atoms with van der Waals surface area (Å²) in [6, 6.07) is 0. The first-order valence-corrected chi connectivity index (χ1v) is 5.89. The standard InChI is InChI=1S/C12H21N3O2/c1-5-8-10-9(6-2)13-11(14-15(10)4)12(16)17-7-3/h6,8,12,16H,5,7H2,1-4H3,(H,13,14)/b9-6+,10-8+. The molecule has 2 N–H and O–H groups in total. The van der Waals surface area contributed by atoms with Crippen molar-refractivity contribution in [1.82, 2.24) is 10.4 Å². The monoisotopic (exact) mass is 239 g/mol. The number of aliphatic hydroxyl groups is 1. The predicted octanol–water partition coefficient (Wildman–Crippen LogP) is 1.39. The van der Waals surface area contributed by atoms with Crippen molar-refractivity contribution in [1.29, 1.82) is 0 Å². The minimum absolute atomic E-state index is 0.413. The minimum Gasteiger partial charge on any atom is -0.362 e. The highest BCUT2D eigenvalue weighted by Gasteiger charge is 2.22. The van der Waals surface area contributed by atoms with Gasteiger partial charge in [-0.25, -0.2) is 4.99 Å². The van der Waals surface area contributed by atoms with E-state index in [1.54, 1.807) is 0 Å². The van der Waals surface area contributed by atoms with E-state index in [4.69, 9.17) is 4.74 Å². The van der Waals surface area contributed by atoms with Gasteiger partial charge in [-0.15, -0.1) is 0 Å². The van der Waals surface area contributed by atoms with Gasteiger partial charge in [-0.1, -0.05) is 19.1 Å². The summed E-state index contributed by atoms with van der Waals surface area (Å²) in [5, 5.41) is 11.6. The van der Waals surface area contributed by atoms with Crippen LogP contribution in [0.5, 0.6) is 0 Å². The smallest absolute Gasteiger partial charge is 0.216 e. The molecule has 1 atom stereocenters. The second-order valence-electron chi connectivity index (χ2n) is 3.65. The molecule has 0 aromatic carbocycles. The number of nitrogens with one attached hydrogen (secondary N) is 1. The molecule has 96 valence electrons. The molecule has 1 aliphatic rings. The summed E-state index contributed by atoms with van der Waals surface area (Å²) in [6.45, 7) is 6.26. The molecule has 1 rings (SSSR count). The number of aliphatic hydroxyl groups excluding tert-OH is 1. The van der Waals surface area contributed by atoms with E-state index in [0.29, 0.717) is 12.4 Å². The van der Waals surface area contributed by atoms with Crippen LogP contribution < -0.4 is 5.43 Å². The van der Waals surface area contributed by atoms with Crippen LogP contribution in [0, 0.1) is 0 Å². The second-order valence-corrected chi connectivity index (χ2v) is 3.65. The van der Waals surface area contributed by atoms with E-state index in [9.17, 15) is 5.11 Å². The molecule has 0 bridgehead atoms. The maximum absolute atomic E-state index is 9.73. The fourth-order valence-electron chi connectivity index (χ4n) is 1.61. The van der Waals surface area contributed by atoms with Gasteiger partial charge in [-0.2, -0.15) is 0 Å². The molecule has 0 aliphatic carbocycles. The molecule has 17 heavy (non-hydrogen) atoms. The maximum Gasteiger partial charge on any atom is 0.216 e. The van der Waals surface area contributed by atoms with Crippen molar-refractivity contribution in [3.63, 3.8) is 0 Å².